The third-order valence-corrected chi connectivity index (χ3v) is 2.10. The van der Waals surface area contributed by atoms with Crippen molar-refractivity contribution in [3.05, 3.63) is 0 Å². The van der Waals surface area contributed by atoms with E-state index in [2.05, 4.69) is 17.6 Å². The minimum atomic E-state index is -0.0956. The highest BCUT2D eigenvalue weighted by atomic mass is 16.5. The smallest absolute Gasteiger partial charge is 0.246 e. The molecule has 0 saturated heterocycles. The average molecular weight is 276 g/mol. The van der Waals surface area contributed by atoms with Crippen LogP contribution in [0.3, 0.4) is 0 Å². The summed E-state index contributed by atoms with van der Waals surface area (Å²) in [5.74, 6) is -0.0956. The molecular formula is C13H28N2O4. The van der Waals surface area contributed by atoms with Gasteiger partial charge < -0.3 is 24.8 Å². The summed E-state index contributed by atoms with van der Waals surface area (Å²) in [5.41, 5.74) is 0. The zero-order valence-corrected chi connectivity index (χ0v) is 12.4. The molecule has 6 nitrogen and oxygen atoms in total. The van der Waals surface area contributed by atoms with Gasteiger partial charge in [-0.25, -0.2) is 0 Å². The second-order valence-electron chi connectivity index (χ2n) is 4.35. The summed E-state index contributed by atoms with van der Waals surface area (Å²) < 4.78 is 15.8. The van der Waals surface area contributed by atoms with Crippen molar-refractivity contribution in [2.75, 3.05) is 52.7 Å². The number of ether oxygens (including phenoxy) is 3. The number of hydrogen-bond donors (Lipinski definition) is 2. The van der Waals surface area contributed by atoms with Crippen LogP contribution in [-0.2, 0) is 19.0 Å². The molecule has 0 aromatic heterocycles. The van der Waals surface area contributed by atoms with Crippen molar-refractivity contribution in [2.45, 2.75) is 26.8 Å². The van der Waals surface area contributed by atoms with Gasteiger partial charge in [-0.05, 0) is 20.4 Å². The standard InChI is InChI=1S/C13H28N2O4/c1-4-14-5-6-17-7-8-18-9-10-19-11-13(16)15-12(2)3/h12,14H,4-11H2,1-3H3,(H,15,16). The predicted octanol–water partition coefficient (Wildman–Crippen LogP) is 0.170. The van der Waals surface area contributed by atoms with E-state index in [-0.39, 0.29) is 18.6 Å². The molecule has 0 aliphatic rings. The summed E-state index contributed by atoms with van der Waals surface area (Å²) in [5, 5.41) is 5.91. The van der Waals surface area contributed by atoms with Gasteiger partial charge in [-0.3, -0.25) is 4.79 Å². The molecule has 1 amide bonds. The van der Waals surface area contributed by atoms with Crippen LogP contribution < -0.4 is 10.6 Å². The third kappa shape index (κ3) is 15.3. The molecule has 0 rings (SSSR count). The summed E-state index contributed by atoms with van der Waals surface area (Å²) in [6.07, 6.45) is 0. The van der Waals surface area contributed by atoms with E-state index in [0.29, 0.717) is 33.0 Å². The van der Waals surface area contributed by atoms with Crippen molar-refractivity contribution < 1.29 is 19.0 Å². The minimum Gasteiger partial charge on any atom is -0.378 e. The SMILES string of the molecule is CCNCCOCCOCCOCC(=O)NC(C)C. The molecule has 0 aliphatic carbocycles. The van der Waals surface area contributed by atoms with Crippen molar-refractivity contribution in [2.24, 2.45) is 0 Å². The lowest BCUT2D eigenvalue weighted by Gasteiger charge is -2.09. The maximum Gasteiger partial charge on any atom is 0.246 e. The highest BCUT2D eigenvalue weighted by molar-refractivity contribution is 5.77. The Morgan fingerprint density at radius 1 is 1.00 bits per heavy atom. The molecule has 0 fully saturated rings. The van der Waals surface area contributed by atoms with Gasteiger partial charge in [-0.15, -0.1) is 0 Å². The Morgan fingerprint density at radius 2 is 1.58 bits per heavy atom. The van der Waals surface area contributed by atoms with E-state index in [1.54, 1.807) is 0 Å². The van der Waals surface area contributed by atoms with Gasteiger partial charge in [-0.1, -0.05) is 6.92 Å². The molecule has 0 aromatic carbocycles. The van der Waals surface area contributed by atoms with Gasteiger partial charge in [-0.2, -0.15) is 0 Å². The van der Waals surface area contributed by atoms with Crippen LogP contribution in [0.1, 0.15) is 20.8 Å². The molecule has 19 heavy (non-hydrogen) atoms. The molecule has 0 bridgehead atoms. The van der Waals surface area contributed by atoms with Gasteiger partial charge >= 0.3 is 0 Å². The third-order valence-electron chi connectivity index (χ3n) is 2.10. The van der Waals surface area contributed by atoms with E-state index >= 15 is 0 Å². The first-order valence-corrected chi connectivity index (χ1v) is 6.90. The molecule has 0 saturated carbocycles. The molecular weight excluding hydrogens is 248 g/mol. The molecule has 0 aromatic rings. The van der Waals surface area contributed by atoms with Crippen molar-refractivity contribution >= 4 is 5.91 Å². The maximum absolute atomic E-state index is 11.2. The monoisotopic (exact) mass is 276 g/mol. The fourth-order valence-corrected chi connectivity index (χ4v) is 1.29. The van der Waals surface area contributed by atoms with Crippen LogP contribution in [0.15, 0.2) is 0 Å². The van der Waals surface area contributed by atoms with Crippen molar-refractivity contribution in [1.29, 1.82) is 0 Å². The van der Waals surface area contributed by atoms with Crippen LogP contribution in [0.25, 0.3) is 0 Å². The summed E-state index contributed by atoms with van der Waals surface area (Å²) in [6.45, 7) is 10.5. The molecule has 0 atom stereocenters. The number of nitrogens with one attached hydrogen (secondary N) is 2. The van der Waals surface area contributed by atoms with Gasteiger partial charge in [0, 0.05) is 12.6 Å². The van der Waals surface area contributed by atoms with E-state index in [0.717, 1.165) is 13.1 Å². The fourth-order valence-electron chi connectivity index (χ4n) is 1.29. The zero-order valence-electron chi connectivity index (χ0n) is 12.4. The normalized spacial score (nSPS) is 10.9. The lowest BCUT2D eigenvalue weighted by molar-refractivity contribution is -0.126. The van der Waals surface area contributed by atoms with Crippen LogP contribution in [0, 0.1) is 0 Å². The second-order valence-corrected chi connectivity index (χ2v) is 4.35. The molecule has 0 heterocycles. The van der Waals surface area contributed by atoms with E-state index < -0.39 is 0 Å². The second kappa shape index (κ2) is 13.7. The average Bonchev–Trinajstić information content (AvgIpc) is 2.35. The molecule has 0 unspecified atom stereocenters. The Bertz CT molecular complexity index is 213. The first-order valence-electron chi connectivity index (χ1n) is 6.90. The molecule has 114 valence electrons. The number of carbonyl (C=O) groups excluding carboxylic acids is 1. The van der Waals surface area contributed by atoms with Crippen molar-refractivity contribution in [3.63, 3.8) is 0 Å². The quantitative estimate of drug-likeness (QED) is 0.469. The highest BCUT2D eigenvalue weighted by Crippen LogP contribution is 1.83. The van der Waals surface area contributed by atoms with Crippen molar-refractivity contribution in [3.8, 4) is 0 Å². The molecule has 0 spiro atoms. The van der Waals surface area contributed by atoms with Gasteiger partial charge in [0.15, 0.2) is 0 Å². The highest BCUT2D eigenvalue weighted by Gasteiger charge is 2.02. The number of rotatable bonds is 13. The Morgan fingerprint density at radius 3 is 2.16 bits per heavy atom. The first-order chi connectivity index (χ1) is 9.16. The van der Waals surface area contributed by atoms with E-state index in [9.17, 15) is 4.79 Å². The number of hydrogen-bond acceptors (Lipinski definition) is 5. The summed E-state index contributed by atoms with van der Waals surface area (Å²) in [7, 11) is 0. The van der Waals surface area contributed by atoms with E-state index in [4.69, 9.17) is 14.2 Å². The topological polar surface area (TPSA) is 68.8 Å². The molecule has 0 radical (unpaired) electrons. The van der Waals surface area contributed by atoms with Crippen LogP contribution in [-0.4, -0.2) is 64.7 Å². The molecule has 0 aliphatic heterocycles. The van der Waals surface area contributed by atoms with Gasteiger partial charge in [0.05, 0.1) is 33.0 Å². The Labute approximate surface area is 116 Å². The van der Waals surface area contributed by atoms with Gasteiger partial charge in [0.2, 0.25) is 5.91 Å². The summed E-state index contributed by atoms with van der Waals surface area (Å²) in [6, 6.07) is 0.145. The number of carbonyl (C=O) groups is 1. The lowest BCUT2D eigenvalue weighted by Crippen LogP contribution is -2.33. The van der Waals surface area contributed by atoms with Crippen molar-refractivity contribution in [1.82, 2.24) is 10.6 Å². The Hall–Kier alpha value is -0.690. The van der Waals surface area contributed by atoms with E-state index in [1.165, 1.54) is 0 Å². The van der Waals surface area contributed by atoms with Crippen LogP contribution in [0.5, 0.6) is 0 Å². The van der Waals surface area contributed by atoms with E-state index in [1.807, 2.05) is 13.8 Å². The predicted molar refractivity (Wildman–Crippen MR) is 74.3 cm³/mol. The van der Waals surface area contributed by atoms with Crippen LogP contribution >= 0.6 is 0 Å². The first kappa shape index (κ1) is 18.3. The number of likely N-dealkylation sites (N-methyl/N-ethyl adjacent to an activating group) is 1. The largest absolute Gasteiger partial charge is 0.378 e. The zero-order chi connectivity index (χ0) is 14.3. The van der Waals surface area contributed by atoms with Gasteiger partial charge in [0.25, 0.3) is 0 Å². The minimum absolute atomic E-state index is 0.0841. The number of amides is 1. The molecule has 2 N–H and O–H groups in total. The van der Waals surface area contributed by atoms with Gasteiger partial charge in [0.1, 0.15) is 6.61 Å². The Kier molecular flexibility index (Phi) is 13.2. The Balaban J connectivity index is 3.08. The maximum atomic E-state index is 11.2. The molecule has 6 heteroatoms. The van der Waals surface area contributed by atoms with Crippen LogP contribution in [0.2, 0.25) is 0 Å². The van der Waals surface area contributed by atoms with Crippen LogP contribution in [0.4, 0.5) is 0 Å². The summed E-state index contributed by atoms with van der Waals surface area (Å²) >= 11 is 0. The fraction of sp³-hybridized carbons (Fsp3) is 0.923. The lowest BCUT2D eigenvalue weighted by atomic mass is 10.4. The summed E-state index contributed by atoms with van der Waals surface area (Å²) in [4.78, 5) is 11.2.